The lowest BCUT2D eigenvalue weighted by Gasteiger charge is -2.36. The van der Waals surface area contributed by atoms with Crippen molar-refractivity contribution in [2.45, 2.75) is 12.5 Å². The van der Waals surface area contributed by atoms with Crippen LogP contribution >= 0.6 is 36.6 Å². The zero-order valence-corrected chi connectivity index (χ0v) is 15.4. The largest absolute Gasteiger partial charge is 0.371 e. The smallest absolute Gasteiger partial charge is 0.228 e. The number of nitrogens with zero attached hydrogens (tertiary/aromatic N) is 2. The van der Waals surface area contributed by atoms with Crippen LogP contribution in [0.4, 0.5) is 15.8 Å². The van der Waals surface area contributed by atoms with Gasteiger partial charge in [-0.05, 0) is 18.2 Å². The van der Waals surface area contributed by atoms with Crippen molar-refractivity contribution in [3.8, 4) is 0 Å². The van der Waals surface area contributed by atoms with Crippen molar-refractivity contribution >= 4 is 53.9 Å². The van der Waals surface area contributed by atoms with Crippen molar-refractivity contribution in [1.29, 1.82) is 0 Å². The molecule has 1 saturated heterocycles. The first-order chi connectivity index (χ1) is 10.1. The van der Waals surface area contributed by atoms with E-state index in [1.54, 1.807) is 11.0 Å². The van der Waals surface area contributed by atoms with E-state index in [0.717, 1.165) is 36.0 Å². The van der Waals surface area contributed by atoms with Gasteiger partial charge in [-0.1, -0.05) is 0 Å². The average molecular weight is 382 g/mol. The molecule has 0 aromatic heterocycles. The Morgan fingerprint density at radius 2 is 2.13 bits per heavy atom. The minimum atomic E-state index is -0.264. The van der Waals surface area contributed by atoms with Gasteiger partial charge in [0.1, 0.15) is 5.82 Å². The van der Waals surface area contributed by atoms with E-state index in [1.807, 2.05) is 23.7 Å². The van der Waals surface area contributed by atoms with Gasteiger partial charge in [-0.15, -0.1) is 24.8 Å². The fourth-order valence-electron chi connectivity index (χ4n) is 2.85. The molecule has 1 unspecified atom stereocenters. The number of thioether (sulfide) groups is 1. The van der Waals surface area contributed by atoms with E-state index in [4.69, 9.17) is 0 Å². The summed E-state index contributed by atoms with van der Waals surface area (Å²) in [6.45, 7) is 2.36. The van der Waals surface area contributed by atoms with E-state index in [0.29, 0.717) is 13.0 Å². The second kappa shape index (κ2) is 8.97. The molecule has 1 aromatic carbocycles. The fourth-order valence-corrected chi connectivity index (χ4v) is 3.80. The number of likely N-dealkylation sites (N-methyl/N-ethyl adjacent to an activating group) is 1. The topological polar surface area (TPSA) is 35.6 Å². The Hall–Kier alpha value is -0.690. The molecule has 1 aromatic rings. The number of benzene rings is 1. The first kappa shape index (κ1) is 20.4. The molecule has 2 aliphatic rings. The van der Waals surface area contributed by atoms with Crippen LogP contribution in [0.25, 0.3) is 0 Å². The van der Waals surface area contributed by atoms with Crippen LogP contribution in [0, 0.1) is 5.82 Å². The molecule has 1 N–H and O–H groups in total. The van der Waals surface area contributed by atoms with Crippen LogP contribution in [-0.4, -0.2) is 50.1 Å². The zero-order chi connectivity index (χ0) is 14.8. The Labute approximate surface area is 153 Å². The van der Waals surface area contributed by atoms with Gasteiger partial charge in [0.25, 0.3) is 0 Å². The van der Waals surface area contributed by atoms with Crippen molar-refractivity contribution < 1.29 is 9.18 Å². The van der Waals surface area contributed by atoms with Crippen molar-refractivity contribution in [3.05, 3.63) is 24.0 Å². The lowest BCUT2D eigenvalue weighted by atomic mass is 10.1. The van der Waals surface area contributed by atoms with Crippen LogP contribution in [0.2, 0.25) is 0 Å². The molecule has 0 saturated carbocycles. The number of fused-ring (bicyclic) bond motifs is 1. The number of amides is 1. The van der Waals surface area contributed by atoms with Gasteiger partial charge in [0, 0.05) is 50.7 Å². The molecule has 3 rings (SSSR count). The second-order valence-electron chi connectivity index (χ2n) is 5.53. The highest BCUT2D eigenvalue weighted by Crippen LogP contribution is 2.33. The predicted molar refractivity (Wildman–Crippen MR) is 100 cm³/mol. The Morgan fingerprint density at radius 3 is 2.83 bits per heavy atom. The van der Waals surface area contributed by atoms with Crippen LogP contribution in [-0.2, 0) is 4.79 Å². The summed E-state index contributed by atoms with van der Waals surface area (Å²) in [6, 6.07) is 4.89. The zero-order valence-electron chi connectivity index (χ0n) is 13.0. The molecule has 0 bridgehead atoms. The molecule has 2 heterocycles. The number of carbonyl (C=O) groups excluding carboxylic acids is 1. The van der Waals surface area contributed by atoms with Crippen molar-refractivity contribution in [2.24, 2.45) is 0 Å². The molecule has 8 heteroatoms. The maximum absolute atomic E-state index is 13.4. The summed E-state index contributed by atoms with van der Waals surface area (Å²) < 4.78 is 13.4. The van der Waals surface area contributed by atoms with Gasteiger partial charge in [0.2, 0.25) is 5.91 Å². The minimum absolute atomic E-state index is 0. The molecule has 0 spiro atoms. The Balaban J connectivity index is 0.00000132. The van der Waals surface area contributed by atoms with Crippen molar-refractivity contribution in [1.82, 2.24) is 5.32 Å². The van der Waals surface area contributed by atoms with E-state index >= 15 is 0 Å². The van der Waals surface area contributed by atoms with Crippen LogP contribution in [0.15, 0.2) is 18.2 Å². The second-order valence-corrected chi connectivity index (χ2v) is 6.68. The van der Waals surface area contributed by atoms with Crippen LogP contribution < -0.4 is 15.1 Å². The Bertz CT molecular complexity index is 543. The molecule has 0 radical (unpaired) electrons. The van der Waals surface area contributed by atoms with Gasteiger partial charge in [0.05, 0.1) is 11.4 Å². The number of halogens is 3. The fraction of sp³-hybridized carbons (Fsp3) is 0.533. The van der Waals surface area contributed by atoms with Gasteiger partial charge < -0.3 is 15.1 Å². The van der Waals surface area contributed by atoms with Crippen molar-refractivity contribution in [3.63, 3.8) is 0 Å². The monoisotopic (exact) mass is 381 g/mol. The number of anilines is 2. The van der Waals surface area contributed by atoms with Crippen LogP contribution in [0.3, 0.4) is 0 Å². The number of nitrogens with one attached hydrogen (secondary N) is 1. The number of rotatable bonds is 2. The number of hydrogen-bond acceptors (Lipinski definition) is 4. The maximum Gasteiger partial charge on any atom is 0.228 e. The molecule has 0 aliphatic carbocycles. The molecule has 4 nitrogen and oxygen atoms in total. The number of hydrogen-bond donors (Lipinski definition) is 1. The third-order valence-electron chi connectivity index (χ3n) is 4.02. The van der Waals surface area contributed by atoms with Gasteiger partial charge in [-0.3, -0.25) is 4.79 Å². The maximum atomic E-state index is 13.4. The molecule has 130 valence electrons. The van der Waals surface area contributed by atoms with Gasteiger partial charge in [0.15, 0.2) is 0 Å². The lowest BCUT2D eigenvalue weighted by Crippen LogP contribution is -2.46. The van der Waals surface area contributed by atoms with Gasteiger partial charge >= 0.3 is 0 Å². The molecule has 1 fully saturated rings. The number of carbonyl (C=O) groups is 1. The standard InChI is InChI=1S/C15H20FN3OS.2ClH/c1-18-5-6-19(13-3-2-11(16)8-14(13)18)15(20)9-12-10-21-7-4-17-12;;/h2-3,8,12,17H,4-7,9-10H2,1H3;2*1H. The summed E-state index contributed by atoms with van der Waals surface area (Å²) in [6.07, 6.45) is 0.507. The van der Waals surface area contributed by atoms with Gasteiger partial charge in [-0.25, -0.2) is 4.39 Å². The lowest BCUT2D eigenvalue weighted by molar-refractivity contribution is -0.119. The predicted octanol–water partition coefficient (Wildman–Crippen LogP) is 2.55. The van der Waals surface area contributed by atoms with E-state index in [9.17, 15) is 9.18 Å². The van der Waals surface area contributed by atoms with Crippen molar-refractivity contribution in [2.75, 3.05) is 48.0 Å². The van der Waals surface area contributed by atoms with E-state index < -0.39 is 0 Å². The summed E-state index contributed by atoms with van der Waals surface area (Å²) in [5.74, 6) is 1.95. The molecular weight excluding hydrogens is 360 g/mol. The molecular formula is C15H22Cl2FN3OS. The van der Waals surface area contributed by atoms with Crippen LogP contribution in [0.5, 0.6) is 0 Å². The summed E-state index contributed by atoms with van der Waals surface area (Å²) in [5.41, 5.74) is 1.61. The SMILES string of the molecule is CN1CCN(C(=O)CC2CSCCN2)c2ccc(F)cc21.Cl.Cl. The van der Waals surface area contributed by atoms with Crippen LogP contribution in [0.1, 0.15) is 6.42 Å². The highest BCUT2D eigenvalue weighted by atomic mass is 35.5. The summed E-state index contributed by atoms with van der Waals surface area (Å²) in [4.78, 5) is 16.4. The third kappa shape index (κ3) is 4.66. The molecule has 1 amide bonds. The quantitative estimate of drug-likeness (QED) is 0.853. The first-order valence-electron chi connectivity index (χ1n) is 7.27. The molecule has 2 aliphatic heterocycles. The van der Waals surface area contributed by atoms with E-state index in [1.165, 1.54) is 12.1 Å². The minimum Gasteiger partial charge on any atom is -0.371 e. The normalized spacial score (nSPS) is 20.2. The highest BCUT2D eigenvalue weighted by Gasteiger charge is 2.27. The third-order valence-corrected chi connectivity index (χ3v) is 5.15. The average Bonchev–Trinajstić information content (AvgIpc) is 2.49. The first-order valence-corrected chi connectivity index (χ1v) is 8.43. The molecule has 1 atom stereocenters. The highest BCUT2D eigenvalue weighted by molar-refractivity contribution is 7.99. The summed E-state index contributed by atoms with van der Waals surface area (Å²) >= 11 is 1.89. The van der Waals surface area contributed by atoms with Gasteiger partial charge in [-0.2, -0.15) is 11.8 Å². The Morgan fingerprint density at radius 1 is 1.35 bits per heavy atom. The van der Waals surface area contributed by atoms with E-state index in [-0.39, 0.29) is 42.6 Å². The summed E-state index contributed by atoms with van der Waals surface area (Å²) in [7, 11) is 1.93. The van der Waals surface area contributed by atoms with E-state index in [2.05, 4.69) is 5.32 Å². The Kier molecular flexibility index (Phi) is 7.94. The molecule has 23 heavy (non-hydrogen) atoms. The summed E-state index contributed by atoms with van der Waals surface area (Å²) in [5, 5.41) is 3.39.